The van der Waals surface area contributed by atoms with Crippen molar-refractivity contribution in [3.8, 4) is 0 Å². The zero-order chi connectivity index (χ0) is 14.6. The molecule has 2 nitrogen and oxygen atoms in total. The molecular weight excluding hydrogens is 244 g/mol. The van der Waals surface area contributed by atoms with Crippen LogP contribution in [-0.4, -0.2) is 36.6 Å². The molecule has 1 fully saturated rings. The van der Waals surface area contributed by atoms with Crippen molar-refractivity contribution >= 4 is 0 Å². The van der Waals surface area contributed by atoms with Gasteiger partial charge in [0, 0.05) is 25.2 Å². The quantitative estimate of drug-likeness (QED) is 0.469. The fourth-order valence-corrected chi connectivity index (χ4v) is 3.08. The minimum Gasteiger partial charge on any atom is -0.313 e. The minimum atomic E-state index is 0.769. The third kappa shape index (κ3) is 8.26. The monoisotopic (exact) mass is 282 g/mol. The number of nitrogens with zero attached hydrogens (tertiary/aromatic N) is 1. The van der Waals surface area contributed by atoms with Crippen molar-refractivity contribution in [2.45, 2.75) is 97.1 Å². The van der Waals surface area contributed by atoms with E-state index < -0.39 is 0 Å². The van der Waals surface area contributed by atoms with Crippen molar-refractivity contribution in [1.29, 1.82) is 0 Å². The second-order valence-corrected chi connectivity index (χ2v) is 6.50. The zero-order valence-corrected chi connectivity index (χ0v) is 14.3. The van der Waals surface area contributed by atoms with Crippen molar-refractivity contribution < 1.29 is 0 Å². The molecule has 0 aliphatic heterocycles. The van der Waals surface area contributed by atoms with Crippen molar-refractivity contribution in [2.24, 2.45) is 0 Å². The maximum atomic E-state index is 3.84. The smallest absolute Gasteiger partial charge is 0.0110 e. The summed E-state index contributed by atoms with van der Waals surface area (Å²) in [6.45, 7) is 10.6. The summed E-state index contributed by atoms with van der Waals surface area (Å²) in [7, 11) is 0. The Balaban J connectivity index is 2.15. The van der Waals surface area contributed by atoms with E-state index in [0.29, 0.717) is 0 Å². The third-order valence-corrected chi connectivity index (χ3v) is 4.61. The van der Waals surface area contributed by atoms with Crippen LogP contribution in [0.2, 0.25) is 0 Å². The Hall–Kier alpha value is -0.0800. The fourth-order valence-electron chi connectivity index (χ4n) is 3.08. The molecule has 1 aliphatic rings. The average molecular weight is 283 g/mol. The van der Waals surface area contributed by atoms with Crippen molar-refractivity contribution in [1.82, 2.24) is 10.2 Å². The molecule has 1 N–H and O–H groups in total. The highest BCUT2D eigenvalue weighted by atomic mass is 15.2. The lowest BCUT2D eigenvalue weighted by Gasteiger charge is -2.23. The third-order valence-electron chi connectivity index (χ3n) is 4.61. The van der Waals surface area contributed by atoms with Gasteiger partial charge in [0.15, 0.2) is 0 Å². The van der Waals surface area contributed by atoms with Crippen molar-refractivity contribution in [3.63, 3.8) is 0 Å². The second kappa shape index (κ2) is 11.6. The number of hydrogen-bond acceptors (Lipinski definition) is 2. The largest absolute Gasteiger partial charge is 0.313 e. The van der Waals surface area contributed by atoms with Gasteiger partial charge in [-0.3, -0.25) is 4.90 Å². The molecule has 0 amide bonds. The first-order valence-corrected chi connectivity index (χ1v) is 9.29. The summed E-state index contributed by atoms with van der Waals surface area (Å²) in [6, 6.07) is 1.69. The van der Waals surface area contributed by atoms with Gasteiger partial charge in [-0.25, -0.2) is 0 Å². The molecule has 0 atom stereocenters. The molecule has 120 valence electrons. The van der Waals surface area contributed by atoms with Crippen LogP contribution in [0.15, 0.2) is 0 Å². The van der Waals surface area contributed by atoms with Crippen LogP contribution in [0.5, 0.6) is 0 Å². The lowest BCUT2D eigenvalue weighted by atomic mass is 10.0. The predicted octanol–water partition coefficient (Wildman–Crippen LogP) is 4.59. The Kier molecular flexibility index (Phi) is 10.4. The number of rotatable bonds is 14. The van der Waals surface area contributed by atoms with E-state index in [1.165, 1.54) is 83.8 Å². The lowest BCUT2D eigenvalue weighted by molar-refractivity contribution is 0.268. The summed E-state index contributed by atoms with van der Waals surface area (Å²) in [5.41, 5.74) is 0. The Morgan fingerprint density at radius 1 is 0.950 bits per heavy atom. The number of nitrogens with one attached hydrogen (secondary N) is 1. The van der Waals surface area contributed by atoms with E-state index in [1.54, 1.807) is 0 Å². The Bertz CT molecular complexity index is 203. The van der Waals surface area contributed by atoms with Crippen LogP contribution in [0.25, 0.3) is 0 Å². The number of hydrogen-bond donors (Lipinski definition) is 1. The van der Waals surface area contributed by atoms with Gasteiger partial charge in [0.25, 0.3) is 0 Å². The molecule has 20 heavy (non-hydrogen) atoms. The van der Waals surface area contributed by atoms with E-state index in [-0.39, 0.29) is 0 Å². The van der Waals surface area contributed by atoms with Crippen LogP contribution in [-0.2, 0) is 0 Å². The number of likely N-dealkylation sites (N-methyl/N-ethyl adjacent to an activating group) is 1. The first-order chi connectivity index (χ1) is 9.81. The molecule has 0 aromatic heterocycles. The van der Waals surface area contributed by atoms with E-state index in [9.17, 15) is 0 Å². The SMILES string of the molecule is CCCCCC(CCCCC)NCCN(CC)C1CC1. The molecule has 0 unspecified atom stereocenters. The first-order valence-electron chi connectivity index (χ1n) is 9.29. The van der Waals surface area contributed by atoms with Crippen LogP contribution in [0.3, 0.4) is 0 Å². The molecule has 0 aromatic carbocycles. The van der Waals surface area contributed by atoms with Gasteiger partial charge >= 0.3 is 0 Å². The van der Waals surface area contributed by atoms with E-state index in [4.69, 9.17) is 0 Å². The minimum absolute atomic E-state index is 0.769. The summed E-state index contributed by atoms with van der Waals surface area (Å²) in [4.78, 5) is 2.65. The average Bonchev–Trinajstić information content (AvgIpc) is 3.28. The first kappa shape index (κ1) is 18.0. The summed E-state index contributed by atoms with van der Waals surface area (Å²) >= 11 is 0. The lowest BCUT2D eigenvalue weighted by Crippen LogP contribution is -2.38. The maximum Gasteiger partial charge on any atom is 0.0110 e. The molecule has 1 aliphatic carbocycles. The highest BCUT2D eigenvalue weighted by Gasteiger charge is 2.27. The van der Waals surface area contributed by atoms with Gasteiger partial charge in [0.2, 0.25) is 0 Å². The molecule has 0 radical (unpaired) electrons. The van der Waals surface area contributed by atoms with Crippen LogP contribution in [0.4, 0.5) is 0 Å². The van der Waals surface area contributed by atoms with Crippen LogP contribution in [0.1, 0.15) is 85.0 Å². The predicted molar refractivity (Wildman–Crippen MR) is 90.3 cm³/mol. The fraction of sp³-hybridized carbons (Fsp3) is 1.00. The molecule has 1 rings (SSSR count). The highest BCUT2D eigenvalue weighted by Crippen LogP contribution is 2.25. The van der Waals surface area contributed by atoms with E-state index in [0.717, 1.165) is 12.1 Å². The van der Waals surface area contributed by atoms with Crippen molar-refractivity contribution in [3.05, 3.63) is 0 Å². The summed E-state index contributed by atoms with van der Waals surface area (Å²) in [6.07, 6.45) is 13.9. The van der Waals surface area contributed by atoms with Gasteiger partial charge in [-0.1, -0.05) is 59.3 Å². The maximum absolute atomic E-state index is 3.84. The summed E-state index contributed by atoms with van der Waals surface area (Å²) in [5.74, 6) is 0. The van der Waals surface area contributed by atoms with Gasteiger partial charge in [-0.15, -0.1) is 0 Å². The number of unbranched alkanes of at least 4 members (excludes halogenated alkanes) is 4. The second-order valence-electron chi connectivity index (χ2n) is 6.50. The van der Waals surface area contributed by atoms with E-state index in [1.807, 2.05) is 0 Å². The zero-order valence-electron chi connectivity index (χ0n) is 14.3. The van der Waals surface area contributed by atoms with E-state index in [2.05, 4.69) is 31.0 Å². The molecule has 2 heteroatoms. The Labute approximate surface area is 127 Å². The van der Waals surface area contributed by atoms with Crippen LogP contribution < -0.4 is 5.32 Å². The molecule has 0 heterocycles. The normalized spacial score (nSPS) is 15.4. The molecule has 0 saturated heterocycles. The van der Waals surface area contributed by atoms with Gasteiger partial charge in [0.05, 0.1) is 0 Å². The van der Waals surface area contributed by atoms with Gasteiger partial charge in [0.1, 0.15) is 0 Å². The van der Waals surface area contributed by atoms with Crippen LogP contribution in [0, 0.1) is 0 Å². The Morgan fingerprint density at radius 2 is 1.55 bits per heavy atom. The summed E-state index contributed by atoms with van der Waals surface area (Å²) in [5, 5.41) is 3.84. The Morgan fingerprint density at radius 3 is 2.00 bits per heavy atom. The molecule has 0 spiro atoms. The molecule has 0 aromatic rings. The highest BCUT2D eigenvalue weighted by molar-refractivity contribution is 4.84. The molecular formula is C18H38N2. The van der Waals surface area contributed by atoms with Crippen LogP contribution >= 0.6 is 0 Å². The van der Waals surface area contributed by atoms with Gasteiger partial charge in [-0.2, -0.15) is 0 Å². The standard InChI is InChI=1S/C18H38N2/c1-4-7-9-11-17(12-10-8-5-2)19-15-16-20(6-3)18-13-14-18/h17-19H,4-16H2,1-3H3. The van der Waals surface area contributed by atoms with E-state index >= 15 is 0 Å². The molecule has 0 bridgehead atoms. The van der Waals surface area contributed by atoms with Gasteiger partial charge < -0.3 is 5.32 Å². The molecule has 1 saturated carbocycles. The topological polar surface area (TPSA) is 15.3 Å². The summed E-state index contributed by atoms with van der Waals surface area (Å²) < 4.78 is 0. The van der Waals surface area contributed by atoms with Gasteiger partial charge in [-0.05, 0) is 32.2 Å². The van der Waals surface area contributed by atoms with Crippen molar-refractivity contribution in [2.75, 3.05) is 19.6 Å².